The van der Waals surface area contributed by atoms with Gasteiger partial charge in [-0.05, 0) is 12.1 Å². The van der Waals surface area contributed by atoms with Gasteiger partial charge >= 0.3 is 0 Å². The molecule has 0 bridgehead atoms. The van der Waals surface area contributed by atoms with Crippen molar-refractivity contribution in [1.82, 2.24) is 0 Å². The van der Waals surface area contributed by atoms with Gasteiger partial charge in [0.15, 0.2) is 23.1 Å². The van der Waals surface area contributed by atoms with Crippen LogP contribution in [0.5, 0.6) is 11.5 Å². The fourth-order valence-corrected chi connectivity index (χ4v) is 2.22. The number of phenolic OH excluding ortho intramolecular Hbond substituents is 2. The van der Waals surface area contributed by atoms with E-state index in [1.165, 1.54) is 24.3 Å². The molecule has 0 atom stereocenters. The van der Waals surface area contributed by atoms with Crippen LogP contribution < -0.4 is 0 Å². The van der Waals surface area contributed by atoms with Crippen LogP contribution in [0.4, 0.5) is 0 Å². The average Bonchev–Trinajstić information content (AvgIpc) is 2.69. The van der Waals surface area contributed by atoms with Crippen LogP contribution in [-0.4, -0.2) is 21.8 Å². The summed E-state index contributed by atoms with van der Waals surface area (Å²) in [6, 6.07) is 10.9. The summed E-state index contributed by atoms with van der Waals surface area (Å²) < 4.78 is 0. The molecule has 0 unspecified atom stereocenters. The first kappa shape index (κ1) is 12.2. The van der Waals surface area contributed by atoms with Gasteiger partial charge in [-0.15, -0.1) is 0 Å². The number of benzene rings is 2. The summed E-state index contributed by atoms with van der Waals surface area (Å²) in [7, 11) is 0. The van der Waals surface area contributed by atoms with E-state index in [0.29, 0.717) is 11.1 Å². The standard InChI is InChI=1S/C16H10O4/c17-13-7-3-4-9(14(13)18)8-12-15(19)10-5-1-2-6-11(10)16(12)20/h1-8,17-18H. The Kier molecular flexibility index (Phi) is 2.64. The highest BCUT2D eigenvalue weighted by atomic mass is 16.3. The molecule has 4 heteroatoms. The van der Waals surface area contributed by atoms with E-state index in [-0.39, 0.29) is 34.2 Å². The molecule has 0 aliphatic heterocycles. The van der Waals surface area contributed by atoms with E-state index in [4.69, 9.17) is 0 Å². The minimum Gasteiger partial charge on any atom is -0.504 e. The van der Waals surface area contributed by atoms with Crippen molar-refractivity contribution in [1.29, 1.82) is 0 Å². The van der Waals surface area contributed by atoms with Gasteiger partial charge in [-0.2, -0.15) is 0 Å². The summed E-state index contributed by atoms with van der Waals surface area (Å²) in [5.41, 5.74) is 0.952. The van der Waals surface area contributed by atoms with E-state index >= 15 is 0 Å². The molecule has 4 nitrogen and oxygen atoms in total. The highest BCUT2D eigenvalue weighted by Gasteiger charge is 2.32. The molecule has 1 aliphatic carbocycles. The first-order valence-corrected chi connectivity index (χ1v) is 6.00. The first-order valence-electron chi connectivity index (χ1n) is 6.00. The zero-order valence-electron chi connectivity index (χ0n) is 10.3. The average molecular weight is 266 g/mol. The van der Waals surface area contributed by atoms with Gasteiger partial charge in [0.1, 0.15) is 0 Å². The molecule has 3 rings (SSSR count). The summed E-state index contributed by atoms with van der Waals surface area (Å²) in [6.07, 6.45) is 1.31. The zero-order chi connectivity index (χ0) is 14.3. The maximum Gasteiger partial charge on any atom is 0.197 e. The predicted molar refractivity (Wildman–Crippen MR) is 72.9 cm³/mol. The molecule has 2 aromatic rings. The number of rotatable bonds is 1. The lowest BCUT2D eigenvalue weighted by molar-refractivity contribution is 0.0990. The molecule has 2 N–H and O–H groups in total. The van der Waals surface area contributed by atoms with Crippen LogP contribution >= 0.6 is 0 Å². The third kappa shape index (κ3) is 1.70. The number of carbonyl (C=O) groups excluding carboxylic acids is 2. The van der Waals surface area contributed by atoms with E-state index in [2.05, 4.69) is 0 Å². The maximum atomic E-state index is 12.2. The van der Waals surface area contributed by atoms with E-state index in [9.17, 15) is 19.8 Å². The Labute approximate surface area is 114 Å². The molecule has 0 amide bonds. The number of carbonyl (C=O) groups is 2. The van der Waals surface area contributed by atoms with E-state index in [1.54, 1.807) is 24.3 Å². The second-order valence-electron chi connectivity index (χ2n) is 4.48. The number of fused-ring (bicyclic) bond motifs is 1. The fourth-order valence-electron chi connectivity index (χ4n) is 2.22. The summed E-state index contributed by atoms with van der Waals surface area (Å²) in [5.74, 6) is -1.38. The summed E-state index contributed by atoms with van der Waals surface area (Å²) >= 11 is 0. The quantitative estimate of drug-likeness (QED) is 0.472. The van der Waals surface area contributed by atoms with Gasteiger partial charge in [-0.25, -0.2) is 0 Å². The van der Waals surface area contributed by atoms with E-state index in [0.717, 1.165) is 0 Å². The van der Waals surface area contributed by atoms with Gasteiger partial charge < -0.3 is 10.2 Å². The molecular formula is C16H10O4. The van der Waals surface area contributed by atoms with Crippen LogP contribution in [0.1, 0.15) is 26.3 Å². The predicted octanol–water partition coefficient (Wildman–Crippen LogP) is 2.56. The Morgan fingerprint density at radius 2 is 1.40 bits per heavy atom. The number of ketones is 2. The summed E-state index contributed by atoms with van der Waals surface area (Å²) in [4.78, 5) is 24.3. The topological polar surface area (TPSA) is 74.6 Å². The third-order valence-electron chi connectivity index (χ3n) is 3.25. The van der Waals surface area contributed by atoms with Crippen LogP contribution in [0, 0.1) is 0 Å². The molecule has 0 radical (unpaired) electrons. The van der Waals surface area contributed by atoms with Crippen LogP contribution in [0.25, 0.3) is 6.08 Å². The zero-order valence-corrected chi connectivity index (χ0v) is 10.3. The van der Waals surface area contributed by atoms with Crippen molar-refractivity contribution in [2.24, 2.45) is 0 Å². The molecule has 0 heterocycles. The fraction of sp³-hybridized carbons (Fsp3) is 0. The van der Waals surface area contributed by atoms with E-state index < -0.39 is 0 Å². The second-order valence-corrected chi connectivity index (χ2v) is 4.48. The summed E-state index contributed by atoms with van der Waals surface area (Å²) in [5, 5.41) is 19.2. The van der Waals surface area contributed by atoms with Crippen molar-refractivity contribution in [2.45, 2.75) is 0 Å². The lowest BCUT2D eigenvalue weighted by atomic mass is 10.1. The van der Waals surface area contributed by atoms with Gasteiger partial charge in [0, 0.05) is 16.7 Å². The highest BCUT2D eigenvalue weighted by Crippen LogP contribution is 2.33. The van der Waals surface area contributed by atoms with Crippen molar-refractivity contribution in [2.75, 3.05) is 0 Å². The number of allylic oxidation sites excluding steroid dienone is 1. The van der Waals surface area contributed by atoms with E-state index in [1.807, 2.05) is 0 Å². The van der Waals surface area contributed by atoms with Crippen LogP contribution in [0.2, 0.25) is 0 Å². The summed E-state index contributed by atoms with van der Waals surface area (Å²) in [6.45, 7) is 0. The number of aromatic hydroxyl groups is 2. The monoisotopic (exact) mass is 266 g/mol. The molecule has 0 saturated carbocycles. The smallest absolute Gasteiger partial charge is 0.197 e. The molecule has 0 aromatic heterocycles. The minimum atomic E-state index is -0.367. The molecule has 0 spiro atoms. The Balaban J connectivity index is 2.13. The normalized spacial score (nSPS) is 13.5. The SMILES string of the molecule is O=C1C(=Cc2cccc(O)c2O)C(=O)c2ccccc21. The molecular weight excluding hydrogens is 256 g/mol. The lowest BCUT2D eigenvalue weighted by Gasteiger charge is -2.02. The van der Waals surface area contributed by atoms with Gasteiger partial charge in [-0.1, -0.05) is 36.4 Å². The van der Waals surface area contributed by atoms with Crippen LogP contribution in [0.3, 0.4) is 0 Å². The third-order valence-corrected chi connectivity index (χ3v) is 3.25. The van der Waals surface area contributed by atoms with Crippen molar-refractivity contribution in [3.63, 3.8) is 0 Å². The number of hydrogen-bond acceptors (Lipinski definition) is 4. The van der Waals surface area contributed by atoms with Gasteiger partial charge in [0.05, 0.1) is 5.57 Å². The molecule has 0 fully saturated rings. The van der Waals surface area contributed by atoms with Crippen molar-refractivity contribution in [3.8, 4) is 11.5 Å². The number of hydrogen-bond donors (Lipinski definition) is 2. The Bertz CT molecular complexity index is 735. The molecule has 98 valence electrons. The van der Waals surface area contributed by atoms with Crippen LogP contribution in [-0.2, 0) is 0 Å². The lowest BCUT2D eigenvalue weighted by Crippen LogP contribution is -2.00. The number of Topliss-reactive ketones (excluding diaryl/α,β-unsaturated/α-hetero) is 2. The van der Waals surface area contributed by atoms with Gasteiger partial charge in [0.2, 0.25) is 0 Å². The molecule has 2 aromatic carbocycles. The Hall–Kier alpha value is -2.88. The second kappa shape index (κ2) is 4.35. The molecule has 0 saturated heterocycles. The van der Waals surface area contributed by atoms with Crippen molar-refractivity contribution < 1.29 is 19.8 Å². The maximum absolute atomic E-state index is 12.2. The number of para-hydroxylation sites is 1. The Morgan fingerprint density at radius 3 is 2.00 bits per heavy atom. The van der Waals surface area contributed by atoms with Crippen LogP contribution in [0.15, 0.2) is 48.0 Å². The van der Waals surface area contributed by atoms with Gasteiger partial charge in [0.25, 0.3) is 0 Å². The number of phenols is 2. The van der Waals surface area contributed by atoms with Crippen molar-refractivity contribution >= 4 is 17.6 Å². The first-order chi connectivity index (χ1) is 9.59. The van der Waals surface area contributed by atoms with Crippen molar-refractivity contribution in [3.05, 3.63) is 64.7 Å². The Morgan fingerprint density at radius 1 is 0.800 bits per heavy atom. The molecule has 20 heavy (non-hydrogen) atoms. The molecule has 1 aliphatic rings. The van der Waals surface area contributed by atoms with Gasteiger partial charge in [-0.3, -0.25) is 9.59 Å². The largest absolute Gasteiger partial charge is 0.504 e. The minimum absolute atomic E-state index is 0.00731. The highest BCUT2D eigenvalue weighted by molar-refractivity contribution is 6.41.